The molecule has 0 aromatic heterocycles. The number of nitrogens with zero attached hydrogens (tertiary/aromatic N) is 1. The topological polar surface area (TPSA) is 29.3 Å². The van der Waals surface area contributed by atoms with E-state index in [1.165, 1.54) is 37.7 Å². The lowest BCUT2D eigenvalue weighted by atomic mass is 9.83. The summed E-state index contributed by atoms with van der Waals surface area (Å²) in [7, 11) is 2.20. The van der Waals surface area contributed by atoms with Crippen LogP contribution >= 0.6 is 11.6 Å². The lowest BCUT2D eigenvalue weighted by molar-refractivity contribution is 0.143. The molecule has 0 radical (unpaired) electrons. The smallest absolute Gasteiger partial charge is 0.0406 e. The van der Waals surface area contributed by atoms with Gasteiger partial charge in [-0.15, -0.1) is 0 Å². The number of benzene rings is 1. The van der Waals surface area contributed by atoms with Crippen molar-refractivity contribution in [3.05, 3.63) is 34.9 Å². The third kappa shape index (κ3) is 4.20. The van der Waals surface area contributed by atoms with Gasteiger partial charge in [-0.25, -0.2) is 0 Å². The van der Waals surface area contributed by atoms with E-state index in [0.717, 1.165) is 24.0 Å². The molecule has 0 spiro atoms. The molecule has 0 aliphatic heterocycles. The van der Waals surface area contributed by atoms with E-state index in [-0.39, 0.29) is 0 Å². The minimum Gasteiger partial charge on any atom is -0.329 e. The zero-order chi connectivity index (χ0) is 13.7. The Bertz CT molecular complexity index is 371. The third-order valence-electron chi connectivity index (χ3n) is 4.35. The van der Waals surface area contributed by atoms with E-state index in [0.29, 0.717) is 6.04 Å². The summed E-state index contributed by atoms with van der Waals surface area (Å²) < 4.78 is 0. The predicted octanol–water partition coefficient (Wildman–Crippen LogP) is 3.68. The average Bonchev–Trinajstić information content (AvgIpc) is 2.43. The number of likely N-dealkylation sites (N-methyl/N-ethyl adjacent to an activating group) is 1. The normalized spacial score (nSPS) is 18.7. The van der Waals surface area contributed by atoms with Crippen LogP contribution in [0.2, 0.25) is 5.02 Å². The van der Waals surface area contributed by atoms with E-state index in [9.17, 15) is 0 Å². The summed E-state index contributed by atoms with van der Waals surface area (Å²) in [5, 5.41) is 0.800. The maximum absolute atomic E-state index is 6.02. The maximum Gasteiger partial charge on any atom is 0.0406 e. The molecule has 1 saturated carbocycles. The van der Waals surface area contributed by atoms with Gasteiger partial charge in [-0.1, -0.05) is 43.0 Å². The summed E-state index contributed by atoms with van der Waals surface area (Å²) in [5.74, 6) is 0.774. The third-order valence-corrected chi connectivity index (χ3v) is 4.60. The standard InChI is InChI=1S/C16H25ClN2/c1-19(12-13-7-9-15(17)10-8-13)16(11-18)14-5-3-2-4-6-14/h7-10,14,16H,2-6,11-12,18H2,1H3. The van der Waals surface area contributed by atoms with Gasteiger partial charge >= 0.3 is 0 Å². The minimum absolute atomic E-state index is 0.510. The van der Waals surface area contributed by atoms with E-state index in [1.807, 2.05) is 12.1 Å². The largest absolute Gasteiger partial charge is 0.329 e. The summed E-state index contributed by atoms with van der Waals surface area (Å²) in [6.07, 6.45) is 6.82. The van der Waals surface area contributed by atoms with Crippen molar-refractivity contribution in [1.29, 1.82) is 0 Å². The minimum atomic E-state index is 0.510. The number of rotatable bonds is 5. The maximum atomic E-state index is 6.02. The molecule has 1 atom stereocenters. The van der Waals surface area contributed by atoms with Crippen LogP contribution in [0.1, 0.15) is 37.7 Å². The molecular formula is C16H25ClN2. The van der Waals surface area contributed by atoms with E-state index >= 15 is 0 Å². The molecule has 1 aliphatic rings. The Kier molecular flexibility index (Phi) is 5.68. The summed E-state index contributed by atoms with van der Waals surface area (Å²) in [6.45, 7) is 1.71. The van der Waals surface area contributed by atoms with Crippen LogP contribution in [-0.2, 0) is 6.54 Å². The Morgan fingerprint density at radius 3 is 2.42 bits per heavy atom. The molecule has 0 bridgehead atoms. The second-order valence-corrected chi connectivity index (χ2v) is 6.18. The van der Waals surface area contributed by atoms with Crippen molar-refractivity contribution in [3.63, 3.8) is 0 Å². The molecule has 3 heteroatoms. The average molecular weight is 281 g/mol. The molecular weight excluding hydrogens is 256 g/mol. The molecule has 1 aromatic carbocycles. The molecule has 106 valence electrons. The zero-order valence-corrected chi connectivity index (χ0v) is 12.6. The van der Waals surface area contributed by atoms with Gasteiger partial charge in [-0.3, -0.25) is 4.90 Å². The van der Waals surface area contributed by atoms with Crippen LogP contribution in [0.3, 0.4) is 0 Å². The highest BCUT2D eigenvalue weighted by molar-refractivity contribution is 6.30. The van der Waals surface area contributed by atoms with Gasteiger partial charge in [0.1, 0.15) is 0 Å². The number of hydrogen-bond acceptors (Lipinski definition) is 2. The number of halogens is 1. The van der Waals surface area contributed by atoms with Crippen LogP contribution in [0.5, 0.6) is 0 Å². The van der Waals surface area contributed by atoms with Gasteiger partial charge in [-0.05, 0) is 43.5 Å². The van der Waals surface area contributed by atoms with Gasteiger partial charge in [0.05, 0.1) is 0 Å². The number of nitrogens with two attached hydrogens (primary N) is 1. The van der Waals surface area contributed by atoms with Crippen molar-refractivity contribution < 1.29 is 0 Å². The highest BCUT2D eigenvalue weighted by Gasteiger charge is 2.25. The Labute approximate surface area is 121 Å². The van der Waals surface area contributed by atoms with E-state index in [1.54, 1.807) is 0 Å². The summed E-state index contributed by atoms with van der Waals surface area (Å²) in [4.78, 5) is 2.42. The summed E-state index contributed by atoms with van der Waals surface area (Å²) in [6, 6.07) is 8.64. The molecule has 2 N–H and O–H groups in total. The van der Waals surface area contributed by atoms with Crippen molar-refractivity contribution >= 4 is 11.6 Å². The fourth-order valence-corrected chi connectivity index (χ4v) is 3.37. The van der Waals surface area contributed by atoms with Crippen LogP contribution in [0.25, 0.3) is 0 Å². The van der Waals surface area contributed by atoms with Gasteiger partial charge in [0.15, 0.2) is 0 Å². The Balaban J connectivity index is 1.95. The first-order valence-electron chi connectivity index (χ1n) is 7.35. The van der Waals surface area contributed by atoms with Crippen molar-refractivity contribution in [2.45, 2.75) is 44.7 Å². The Morgan fingerprint density at radius 2 is 1.84 bits per heavy atom. The zero-order valence-electron chi connectivity index (χ0n) is 11.8. The fraction of sp³-hybridized carbons (Fsp3) is 0.625. The highest BCUT2D eigenvalue weighted by Crippen LogP contribution is 2.28. The highest BCUT2D eigenvalue weighted by atomic mass is 35.5. The molecule has 1 unspecified atom stereocenters. The molecule has 2 rings (SSSR count). The lowest BCUT2D eigenvalue weighted by Crippen LogP contribution is -2.43. The molecule has 0 amide bonds. The van der Waals surface area contributed by atoms with Crippen molar-refractivity contribution in [1.82, 2.24) is 4.90 Å². The Morgan fingerprint density at radius 1 is 1.21 bits per heavy atom. The molecule has 1 aromatic rings. The Hall–Kier alpha value is -0.570. The first kappa shape index (κ1) is 14.8. The van der Waals surface area contributed by atoms with Crippen molar-refractivity contribution in [2.24, 2.45) is 11.7 Å². The first-order valence-corrected chi connectivity index (χ1v) is 7.73. The quantitative estimate of drug-likeness (QED) is 0.891. The predicted molar refractivity (Wildman–Crippen MR) is 82.3 cm³/mol. The van der Waals surface area contributed by atoms with Gasteiger partial charge in [0.25, 0.3) is 0 Å². The van der Waals surface area contributed by atoms with E-state index < -0.39 is 0 Å². The first-order chi connectivity index (χ1) is 9.20. The van der Waals surface area contributed by atoms with Crippen molar-refractivity contribution in [2.75, 3.05) is 13.6 Å². The molecule has 0 heterocycles. The number of hydrogen-bond donors (Lipinski definition) is 1. The molecule has 1 aliphatic carbocycles. The second kappa shape index (κ2) is 7.28. The molecule has 19 heavy (non-hydrogen) atoms. The van der Waals surface area contributed by atoms with Crippen LogP contribution in [0.4, 0.5) is 0 Å². The van der Waals surface area contributed by atoms with Crippen molar-refractivity contribution in [3.8, 4) is 0 Å². The van der Waals surface area contributed by atoms with E-state index in [4.69, 9.17) is 17.3 Å². The van der Waals surface area contributed by atoms with E-state index in [2.05, 4.69) is 24.1 Å². The van der Waals surface area contributed by atoms with Gasteiger partial charge in [0.2, 0.25) is 0 Å². The molecule has 1 fully saturated rings. The summed E-state index contributed by atoms with van der Waals surface area (Å²) >= 11 is 5.93. The van der Waals surface area contributed by atoms with Gasteiger partial charge in [0, 0.05) is 24.2 Å². The molecule has 2 nitrogen and oxygen atoms in total. The SMILES string of the molecule is CN(Cc1ccc(Cl)cc1)C(CN)C1CCCCC1. The fourth-order valence-electron chi connectivity index (χ4n) is 3.25. The van der Waals surface area contributed by atoms with Gasteiger partial charge < -0.3 is 5.73 Å². The van der Waals surface area contributed by atoms with Gasteiger partial charge in [-0.2, -0.15) is 0 Å². The van der Waals surface area contributed by atoms with Crippen LogP contribution in [0, 0.1) is 5.92 Å². The molecule has 0 saturated heterocycles. The summed E-state index contributed by atoms with van der Waals surface area (Å²) in [5.41, 5.74) is 7.33. The van der Waals surface area contributed by atoms with Crippen LogP contribution in [-0.4, -0.2) is 24.5 Å². The second-order valence-electron chi connectivity index (χ2n) is 5.74. The van der Waals surface area contributed by atoms with Crippen LogP contribution < -0.4 is 5.73 Å². The van der Waals surface area contributed by atoms with Crippen LogP contribution in [0.15, 0.2) is 24.3 Å². The monoisotopic (exact) mass is 280 g/mol. The lowest BCUT2D eigenvalue weighted by Gasteiger charge is -2.36.